The Morgan fingerprint density at radius 1 is 1.24 bits per heavy atom. The number of hydrazone groups is 1. The zero-order valence-electron chi connectivity index (χ0n) is 13.4. The summed E-state index contributed by atoms with van der Waals surface area (Å²) in [5, 5.41) is 14.4. The maximum Gasteiger partial charge on any atom is 0.280 e. The van der Waals surface area contributed by atoms with Crippen LogP contribution in [0.4, 0.5) is 5.69 Å². The van der Waals surface area contributed by atoms with Gasteiger partial charge in [0.2, 0.25) is 0 Å². The number of halogens is 1. The Hall–Kier alpha value is -2.91. The molecular weight excluding hydrogens is 382 g/mol. The fraction of sp³-hybridized carbons (Fsp3) is 0.105. The number of carbonyl (C=O) groups excluding carboxylic acids is 1. The molecule has 0 atom stereocenters. The lowest BCUT2D eigenvalue weighted by atomic mass is 10.1. The fourth-order valence-electron chi connectivity index (χ4n) is 2.44. The molecule has 0 saturated heterocycles. The zero-order chi connectivity index (χ0) is 17.8. The standard InChI is InChI=1S/C19H14BrN3O2/c1-13-17(12-14-4-2-3-5-18(14)25-11-10-21)19(24)23(22-13)16-8-6-15(20)7-9-16/h2-9,12H,11H2,1H3. The number of rotatable bonds is 4. The van der Waals surface area contributed by atoms with Crippen molar-refractivity contribution >= 4 is 39.3 Å². The molecule has 5 nitrogen and oxygen atoms in total. The number of amides is 1. The molecule has 124 valence electrons. The predicted octanol–water partition coefficient (Wildman–Crippen LogP) is 4.16. The molecule has 0 saturated carbocycles. The van der Waals surface area contributed by atoms with E-state index in [1.165, 1.54) is 5.01 Å². The van der Waals surface area contributed by atoms with Gasteiger partial charge in [0, 0.05) is 10.0 Å². The van der Waals surface area contributed by atoms with Gasteiger partial charge < -0.3 is 4.74 Å². The van der Waals surface area contributed by atoms with E-state index in [-0.39, 0.29) is 12.5 Å². The molecule has 0 N–H and O–H groups in total. The van der Waals surface area contributed by atoms with E-state index in [2.05, 4.69) is 21.0 Å². The number of nitriles is 1. The first-order chi connectivity index (χ1) is 12.1. The van der Waals surface area contributed by atoms with Gasteiger partial charge in [-0.25, -0.2) is 0 Å². The van der Waals surface area contributed by atoms with Gasteiger partial charge >= 0.3 is 0 Å². The molecule has 1 aliphatic rings. The van der Waals surface area contributed by atoms with Gasteiger partial charge in [-0.05, 0) is 43.3 Å². The minimum Gasteiger partial charge on any atom is -0.478 e. The maximum atomic E-state index is 12.8. The average Bonchev–Trinajstić information content (AvgIpc) is 2.90. The van der Waals surface area contributed by atoms with E-state index >= 15 is 0 Å². The molecule has 0 fully saturated rings. The molecule has 0 spiro atoms. The highest BCUT2D eigenvalue weighted by Crippen LogP contribution is 2.28. The Morgan fingerprint density at radius 2 is 1.96 bits per heavy atom. The van der Waals surface area contributed by atoms with Crippen molar-refractivity contribution in [1.29, 1.82) is 5.26 Å². The van der Waals surface area contributed by atoms with Crippen molar-refractivity contribution in [2.75, 3.05) is 11.6 Å². The zero-order valence-corrected chi connectivity index (χ0v) is 15.0. The van der Waals surface area contributed by atoms with E-state index in [1.54, 1.807) is 19.1 Å². The lowest BCUT2D eigenvalue weighted by Gasteiger charge is -2.11. The van der Waals surface area contributed by atoms with Crippen LogP contribution in [0.1, 0.15) is 12.5 Å². The number of benzene rings is 2. The molecule has 1 amide bonds. The van der Waals surface area contributed by atoms with E-state index in [1.807, 2.05) is 48.5 Å². The minimum atomic E-state index is -0.199. The molecule has 0 bridgehead atoms. The van der Waals surface area contributed by atoms with E-state index in [9.17, 15) is 4.79 Å². The van der Waals surface area contributed by atoms with Crippen molar-refractivity contribution in [1.82, 2.24) is 0 Å². The SMILES string of the molecule is CC1=NN(c2ccc(Br)cc2)C(=O)C1=Cc1ccccc1OCC#N. The third kappa shape index (κ3) is 3.62. The molecule has 2 aromatic rings. The summed E-state index contributed by atoms with van der Waals surface area (Å²) in [5.41, 5.74) is 2.55. The van der Waals surface area contributed by atoms with Crippen LogP contribution in [-0.4, -0.2) is 18.2 Å². The van der Waals surface area contributed by atoms with Crippen molar-refractivity contribution in [2.24, 2.45) is 5.10 Å². The number of hydrogen-bond donors (Lipinski definition) is 0. The number of para-hydroxylation sites is 1. The smallest absolute Gasteiger partial charge is 0.280 e. The second-order valence-electron chi connectivity index (χ2n) is 5.32. The predicted molar refractivity (Wildman–Crippen MR) is 100 cm³/mol. The molecule has 0 aliphatic carbocycles. The maximum absolute atomic E-state index is 12.8. The number of ether oxygens (including phenoxy) is 1. The molecule has 0 unspecified atom stereocenters. The molecule has 2 aromatic carbocycles. The summed E-state index contributed by atoms with van der Waals surface area (Å²) in [7, 11) is 0. The van der Waals surface area contributed by atoms with Gasteiger partial charge in [0.25, 0.3) is 5.91 Å². The lowest BCUT2D eigenvalue weighted by Crippen LogP contribution is -2.21. The summed E-state index contributed by atoms with van der Waals surface area (Å²) in [4.78, 5) is 12.8. The molecule has 1 aliphatic heterocycles. The van der Waals surface area contributed by atoms with Gasteiger partial charge in [0.15, 0.2) is 6.61 Å². The number of hydrogen-bond acceptors (Lipinski definition) is 4. The van der Waals surface area contributed by atoms with Crippen LogP contribution in [0.2, 0.25) is 0 Å². The van der Waals surface area contributed by atoms with Gasteiger partial charge in [-0.15, -0.1) is 0 Å². The van der Waals surface area contributed by atoms with Gasteiger partial charge in [0.05, 0.1) is 17.0 Å². The van der Waals surface area contributed by atoms with Gasteiger partial charge in [0.1, 0.15) is 11.8 Å². The molecule has 25 heavy (non-hydrogen) atoms. The van der Waals surface area contributed by atoms with Crippen LogP contribution in [0, 0.1) is 11.3 Å². The second kappa shape index (κ2) is 7.32. The summed E-state index contributed by atoms with van der Waals surface area (Å²) in [6.45, 7) is 1.74. The summed E-state index contributed by atoms with van der Waals surface area (Å²) in [5.74, 6) is 0.356. The van der Waals surface area contributed by atoms with E-state index < -0.39 is 0 Å². The first-order valence-corrected chi connectivity index (χ1v) is 8.35. The average molecular weight is 396 g/mol. The quantitative estimate of drug-likeness (QED) is 0.729. The van der Waals surface area contributed by atoms with Crippen molar-refractivity contribution in [3.63, 3.8) is 0 Å². The summed E-state index contributed by atoms with van der Waals surface area (Å²) in [6.07, 6.45) is 1.74. The molecule has 0 radical (unpaired) electrons. The highest BCUT2D eigenvalue weighted by Gasteiger charge is 2.28. The molecule has 6 heteroatoms. The second-order valence-corrected chi connectivity index (χ2v) is 6.24. The summed E-state index contributed by atoms with van der Waals surface area (Å²) >= 11 is 3.38. The number of nitrogens with zero attached hydrogens (tertiary/aromatic N) is 3. The van der Waals surface area contributed by atoms with Crippen LogP contribution < -0.4 is 9.75 Å². The molecule has 0 aromatic heterocycles. The summed E-state index contributed by atoms with van der Waals surface area (Å²) < 4.78 is 6.35. The van der Waals surface area contributed by atoms with E-state index in [0.29, 0.717) is 22.7 Å². The highest BCUT2D eigenvalue weighted by molar-refractivity contribution is 9.10. The third-order valence-electron chi connectivity index (χ3n) is 3.64. The summed E-state index contributed by atoms with van der Waals surface area (Å²) in [6, 6.07) is 16.6. The Labute approximate surface area is 154 Å². The van der Waals surface area contributed by atoms with E-state index in [4.69, 9.17) is 10.00 Å². The van der Waals surface area contributed by atoms with Crippen LogP contribution in [0.3, 0.4) is 0 Å². The molecule has 1 heterocycles. The Balaban J connectivity index is 1.93. The van der Waals surface area contributed by atoms with Crippen LogP contribution in [-0.2, 0) is 4.79 Å². The fourth-order valence-corrected chi connectivity index (χ4v) is 2.70. The topological polar surface area (TPSA) is 65.7 Å². The van der Waals surface area contributed by atoms with Crippen LogP contribution in [0.25, 0.3) is 6.08 Å². The van der Waals surface area contributed by atoms with Crippen molar-refractivity contribution in [3.05, 3.63) is 64.1 Å². The Kier molecular flexibility index (Phi) is 4.96. The van der Waals surface area contributed by atoms with E-state index in [0.717, 1.165) is 10.0 Å². The highest BCUT2D eigenvalue weighted by atomic mass is 79.9. The number of anilines is 1. The van der Waals surface area contributed by atoms with Gasteiger partial charge in [-0.2, -0.15) is 15.4 Å². The molecule has 3 rings (SSSR count). The molecular formula is C19H14BrN3O2. The lowest BCUT2D eigenvalue weighted by molar-refractivity contribution is -0.114. The van der Waals surface area contributed by atoms with Crippen molar-refractivity contribution in [3.8, 4) is 11.8 Å². The van der Waals surface area contributed by atoms with Crippen LogP contribution >= 0.6 is 15.9 Å². The minimum absolute atomic E-state index is 0.0494. The number of carbonyl (C=O) groups is 1. The van der Waals surface area contributed by atoms with Crippen LogP contribution in [0.15, 0.2) is 63.7 Å². The first kappa shape index (κ1) is 16.9. The van der Waals surface area contributed by atoms with Crippen molar-refractivity contribution < 1.29 is 9.53 Å². The van der Waals surface area contributed by atoms with Gasteiger partial charge in [-0.3, -0.25) is 4.79 Å². The van der Waals surface area contributed by atoms with Crippen molar-refractivity contribution in [2.45, 2.75) is 6.92 Å². The Morgan fingerprint density at radius 3 is 2.68 bits per heavy atom. The largest absolute Gasteiger partial charge is 0.478 e. The van der Waals surface area contributed by atoms with Crippen LogP contribution in [0.5, 0.6) is 5.75 Å². The van der Waals surface area contributed by atoms with Gasteiger partial charge in [-0.1, -0.05) is 34.1 Å². The third-order valence-corrected chi connectivity index (χ3v) is 4.17. The monoisotopic (exact) mass is 395 g/mol. The Bertz CT molecular complexity index is 911. The first-order valence-electron chi connectivity index (χ1n) is 7.56. The normalized spacial score (nSPS) is 15.2.